The normalized spacial score (nSPS) is 11.4. The highest BCUT2D eigenvalue weighted by atomic mass is 35.5. The van der Waals surface area contributed by atoms with E-state index in [0.717, 1.165) is 12.2 Å². The van der Waals surface area contributed by atoms with Crippen LogP contribution < -0.4 is 0 Å². The van der Waals surface area contributed by atoms with Crippen LogP contribution in [0, 0.1) is 5.92 Å². The molecule has 0 bridgehead atoms. The van der Waals surface area contributed by atoms with E-state index in [2.05, 4.69) is 29.0 Å². The van der Waals surface area contributed by atoms with Gasteiger partial charge in [0, 0.05) is 18.8 Å². The van der Waals surface area contributed by atoms with Crippen LogP contribution in [0.3, 0.4) is 0 Å². The number of fused-ring (bicyclic) bond motifs is 1. The minimum atomic E-state index is 0.398. The van der Waals surface area contributed by atoms with Crippen molar-refractivity contribution in [1.29, 1.82) is 0 Å². The number of hydrogen-bond acceptors (Lipinski definition) is 3. The van der Waals surface area contributed by atoms with Gasteiger partial charge in [0.05, 0.1) is 0 Å². The molecule has 2 aromatic rings. The minimum absolute atomic E-state index is 0.398. The summed E-state index contributed by atoms with van der Waals surface area (Å²) in [6.45, 7) is 4.29. The Morgan fingerprint density at radius 2 is 2.21 bits per heavy atom. The molecular weight excluding hydrogens is 200 g/mol. The largest absolute Gasteiger partial charge is 0.282 e. The highest BCUT2D eigenvalue weighted by molar-refractivity contribution is 6.32. The van der Waals surface area contributed by atoms with Gasteiger partial charge in [0.2, 0.25) is 0 Å². The average Bonchev–Trinajstić information content (AvgIpc) is 2.49. The molecule has 0 aliphatic heterocycles. The predicted molar refractivity (Wildman–Crippen MR) is 54.3 cm³/mol. The number of halogens is 1. The molecule has 2 heterocycles. The van der Waals surface area contributed by atoms with Crippen LogP contribution in [-0.4, -0.2) is 19.6 Å². The molecule has 4 nitrogen and oxygen atoms in total. The van der Waals surface area contributed by atoms with Crippen molar-refractivity contribution < 1.29 is 0 Å². The first-order chi connectivity index (χ1) is 6.68. The molecule has 2 rings (SSSR count). The highest BCUT2D eigenvalue weighted by Crippen LogP contribution is 2.14. The third kappa shape index (κ3) is 1.57. The van der Waals surface area contributed by atoms with Gasteiger partial charge in [0.25, 0.3) is 0 Å². The molecule has 74 valence electrons. The summed E-state index contributed by atoms with van der Waals surface area (Å²) >= 11 is 5.87. The van der Waals surface area contributed by atoms with Gasteiger partial charge < -0.3 is 0 Å². The van der Waals surface area contributed by atoms with Gasteiger partial charge >= 0.3 is 0 Å². The Bertz CT molecular complexity index is 449. The summed E-state index contributed by atoms with van der Waals surface area (Å²) in [6.07, 6.45) is 4.38. The molecule has 0 aliphatic carbocycles. The lowest BCUT2D eigenvalue weighted by Crippen LogP contribution is -2.00. The zero-order valence-electron chi connectivity index (χ0n) is 8.11. The van der Waals surface area contributed by atoms with Crippen LogP contribution in [0.5, 0.6) is 0 Å². The van der Waals surface area contributed by atoms with Crippen LogP contribution in [0.15, 0.2) is 12.4 Å². The standard InChI is InChI=1S/C9H11ClN4/c1-6(2)5-7-12-13-9-8(10)11-3-4-14(7)9/h3-4,6H,5H2,1-2H3. The third-order valence-corrected chi connectivity index (χ3v) is 2.21. The van der Waals surface area contributed by atoms with Crippen LogP contribution in [0.4, 0.5) is 0 Å². The van der Waals surface area contributed by atoms with Gasteiger partial charge in [0.15, 0.2) is 10.8 Å². The second-order valence-electron chi connectivity index (χ2n) is 3.63. The summed E-state index contributed by atoms with van der Waals surface area (Å²) in [6, 6.07) is 0. The van der Waals surface area contributed by atoms with Gasteiger partial charge in [-0.1, -0.05) is 25.4 Å². The van der Waals surface area contributed by atoms with E-state index in [1.807, 2.05) is 10.6 Å². The van der Waals surface area contributed by atoms with Crippen molar-refractivity contribution in [3.8, 4) is 0 Å². The van der Waals surface area contributed by atoms with Gasteiger partial charge in [-0.2, -0.15) is 0 Å². The van der Waals surface area contributed by atoms with E-state index in [0.29, 0.717) is 16.7 Å². The fourth-order valence-electron chi connectivity index (χ4n) is 1.35. The Morgan fingerprint density at radius 1 is 1.43 bits per heavy atom. The number of nitrogens with zero attached hydrogens (tertiary/aromatic N) is 4. The van der Waals surface area contributed by atoms with Gasteiger partial charge in [-0.15, -0.1) is 10.2 Å². The van der Waals surface area contributed by atoms with E-state index in [1.165, 1.54) is 0 Å². The first kappa shape index (κ1) is 9.40. The molecule has 2 aromatic heterocycles. The summed E-state index contributed by atoms with van der Waals surface area (Å²) in [7, 11) is 0. The average molecular weight is 211 g/mol. The lowest BCUT2D eigenvalue weighted by atomic mass is 10.1. The third-order valence-electron chi connectivity index (χ3n) is 1.95. The molecule has 0 unspecified atom stereocenters. The highest BCUT2D eigenvalue weighted by Gasteiger charge is 2.09. The summed E-state index contributed by atoms with van der Waals surface area (Å²) in [4.78, 5) is 3.94. The Labute approximate surface area is 86.9 Å². The lowest BCUT2D eigenvalue weighted by molar-refractivity contribution is 0.616. The summed E-state index contributed by atoms with van der Waals surface area (Å²) < 4.78 is 1.88. The minimum Gasteiger partial charge on any atom is -0.282 e. The van der Waals surface area contributed by atoms with E-state index < -0.39 is 0 Å². The van der Waals surface area contributed by atoms with E-state index in [9.17, 15) is 0 Å². The first-order valence-electron chi connectivity index (χ1n) is 4.52. The van der Waals surface area contributed by atoms with Crippen LogP contribution in [0.2, 0.25) is 5.15 Å². The van der Waals surface area contributed by atoms with Gasteiger partial charge in [-0.3, -0.25) is 4.40 Å². The molecule has 0 N–H and O–H groups in total. The van der Waals surface area contributed by atoms with Crippen molar-refractivity contribution in [2.45, 2.75) is 20.3 Å². The maximum Gasteiger partial charge on any atom is 0.198 e. The van der Waals surface area contributed by atoms with Crippen molar-refractivity contribution in [2.24, 2.45) is 5.92 Å². The lowest BCUT2D eigenvalue weighted by Gasteiger charge is -2.02. The molecule has 0 saturated heterocycles. The van der Waals surface area contributed by atoms with Crippen molar-refractivity contribution in [3.05, 3.63) is 23.4 Å². The second kappa shape index (κ2) is 3.53. The topological polar surface area (TPSA) is 43.1 Å². The van der Waals surface area contributed by atoms with Gasteiger partial charge in [0.1, 0.15) is 5.82 Å². The van der Waals surface area contributed by atoms with Crippen LogP contribution in [0.1, 0.15) is 19.7 Å². The van der Waals surface area contributed by atoms with E-state index in [1.54, 1.807) is 6.20 Å². The van der Waals surface area contributed by atoms with E-state index in [4.69, 9.17) is 11.6 Å². The molecule has 0 aliphatic rings. The van der Waals surface area contributed by atoms with Crippen molar-refractivity contribution in [3.63, 3.8) is 0 Å². The Kier molecular flexibility index (Phi) is 2.37. The van der Waals surface area contributed by atoms with Crippen molar-refractivity contribution in [1.82, 2.24) is 19.6 Å². The molecule has 0 amide bonds. The number of rotatable bonds is 2. The second-order valence-corrected chi connectivity index (χ2v) is 3.98. The first-order valence-corrected chi connectivity index (χ1v) is 4.90. The quantitative estimate of drug-likeness (QED) is 0.761. The fraction of sp³-hybridized carbons (Fsp3) is 0.444. The zero-order chi connectivity index (χ0) is 10.1. The van der Waals surface area contributed by atoms with E-state index in [-0.39, 0.29) is 0 Å². The van der Waals surface area contributed by atoms with Crippen LogP contribution in [-0.2, 0) is 6.42 Å². The van der Waals surface area contributed by atoms with Gasteiger partial charge in [-0.05, 0) is 5.92 Å². The zero-order valence-corrected chi connectivity index (χ0v) is 8.86. The maximum atomic E-state index is 5.87. The summed E-state index contributed by atoms with van der Waals surface area (Å²) in [5.74, 6) is 1.48. The Hall–Kier alpha value is -1.16. The number of hydrogen-bond donors (Lipinski definition) is 0. The Morgan fingerprint density at radius 3 is 2.93 bits per heavy atom. The molecule has 0 atom stereocenters. The number of aromatic nitrogens is 4. The van der Waals surface area contributed by atoms with Crippen LogP contribution >= 0.6 is 11.6 Å². The molecule has 5 heteroatoms. The maximum absolute atomic E-state index is 5.87. The molecular formula is C9H11ClN4. The molecule has 14 heavy (non-hydrogen) atoms. The summed E-state index contributed by atoms with van der Waals surface area (Å²) in [5.41, 5.74) is 0.629. The molecule has 0 fully saturated rings. The van der Waals surface area contributed by atoms with E-state index >= 15 is 0 Å². The summed E-state index contributed by atoms with van der Waals surface area (Å²) in [5, 5.41) is 8.47. The molecule has 0 saturated carbocycles. The molecule has 0 aromatic carbocycles. The SMILES string of the molecule is CC(C)Cc1nnc2c(Cl)nccn12. The fourth-order valence-corrected chi connectivity index (χ4v) is 1.53. The van der Waals surface area contributed by atoms with Crippen molar-refractivity contribution in [2.75, 3.05) is 0 Å². The van der Waals surface area contributed by atoms with Gasteiger partial charge in [-0.25, -0.2) is 4.98 Å². The molecule has 0 radical (unpaired) electrons. The Balaban J connectivity index is 2.52. The van der Waals surface area contributed by atoms with Crippen LogP contribution in [0.25, 0.3) is 5.65 Å². The van der Waals surface area contributed by atoms with Crippen molar-refractivity contribution >= 4 is 17.2 Å². The smallest absolute Gasteiger partial charge is 0.198 e. The monoisotopic (exact) mass is 210 g/mol. The molecule has 0 spiro atoms. The predicted octanol–water partition coefficient (Wildman–Crippen LogP) is 1.98.